The van der Waals surface area contributed by atoms with Crippen LogP contribution in [-0.4, -0.2) is 42.0 Å². The molecule has 110 valence electrons. The van der Waals surface area contributed by atoms with E-state index < -0.39 is 0 Å². The van der Waals surface area contributed by atoms with Crippen molar-refractivity contribution >= 4 is 15.9 Å². The van der Waals surface area contributed by atoms with Crippen molar-refractivity contribution in [1.82, 2.24) is 9.80 Å². The van der Waals surface area contributed by atoms with Gasteiger partial charge < -0.3 is 4.90 Å². The summed E-state index contributed by atoms with van der Waals surface area (Å²) >= 11 is 3.70. The maximum atomic E-state index is 3.70. The molecule has 0 aliphatic carbocycles. The smallest absolute Gasteiger partial charge is 0.0240 e. The first kappa shape index (κ1) is 14.6. The summed E-state index contributed by atoms with van der Waals surface area (Å²) in [6, 6.07) is 7.29. The van der Waals surface area contributed by atoms with E-state index in [0.29, 0.717) is 6.04 Å². The lowest BCUT2D eigenvalue weighted by Gasteiger charge is -2.37. The molecule has 1 unspecified atom stereocenters. The number of hydrogen-bond donors (Lipinski definition) is 0. The molecule has 0 amide bonds. The lowest BCUT2D eigenvalue weighted by molar-refractivity contribution is 0.140. The largest absolute Gasteiger partial charge is 0.302 e. The molecular weight excluding hydrogens is 312 g/mol. The lowest BCUT2D eigenvalue weighted by atomic mass is 9.95. The quantitative estimate of drug-likeness (QED) is 0.830. The van der Waals surface area contributed by atoms with Crippen LogP contribution in [0.2, 0.25) is 0 Å². The minimum Gasteiger partial charge on any atom is -0.302 e. The van der Waals surface area contributed by atoms with Crippen LogP contribution in [0.4, 0.5) is 0 Å². The molecule has 0 spiro atoms. The normalized spacial score (nSPS) is 24.6. The van der Waals surface area contributed by atoms with E-state index in [1.807, 2.05) is 0 Å². The van der Waals surface area contributed by atoms with Crippen LogP contribution in [0.1, 0.15) is 37.3 Å². The Labute approximate surface area is 131 Å². The number of fused-ring (bicyclic) bond motifs is 1. The molecule has 2 aliphatic rings. The van der Waals surface area contributed by atoms with Crippen molar-refractivity contribution in [3.8, 4) is 0 Å². The standard InChI is InChI=1S/C17H25BrN2/c1-14-12-16-15(6-5-7-17(16)18)13-20(14)11-10-19-8-3-2-4-9-19/h5-7,14H,2-4,8-13H2,1H3. The molecule has 1 fully saturated rings. The van der Waals surface area contributed by atoms with E-state index in [0.717, 1.165) is 6.54 Å². The Morgan fingerprint density at radius 2 is 1.95 bits per heavy atom. The SMILES string of the molecule is CC1Cc2c(Br)cccc2CN1CCN1CCCCC1. The van der Waals surface area contributed by atoms with Crippen molar-refractivity contribution in [3.63, 3.8) is 0 Å². The fraction of sp³-hybridized carbons (Fsp3) is 0.647. The van der Waals surface area contributed by atoms with E-state index >= 15 is 0 Å². The van der Waals surface area contributed by atoms with Crippen LogP contribution in [0.15, 0.2) is 22.7 Å². The Kier molecular flexibility index (Phi) is 4.79. The Bertz CT molecular complexity index is 454. The molecule has 0 saturated carbocycles. The van der Waals surface area contributed by atoms with E-state index in [-0.39, 0.29) is 0 Å². The van der Waals surface area contributed by atoms with E-state index in [1.54, 1.807) is 0 Å². The molecular formula is C17H25BrN2. The van der Waals surface area contributed by atoms with E-state index in [2.05, 4.69) is 50.9 Å². The molecule has 20 heavy (non-hydrogen) atoms. The van der Waals surface area contributed by atoms with Crippen LogP contribution in [0.25, 0.3) is 0 Å². The van der Waals surface area contributed by atoms with Gasteiger partial charge in [-0.15, -0.1) is 0 Å². The molecule has 0 aromatic heterocycles. The third-order valence-electron chi connectivity index (χ3n) is 4.86. The van der Waals surface area contributed by atoms with Crippen molar-refractivity contribution in [2.75, 3.05) is 26.2 Å². The zero-order chi connectivity index (χ0) is 13.9. The van der Waals surface area contributed by atoms with E-state index in [4.69, 9.17) is 0 Å². The summed E-state index contributed by atoms with van der Waals surface area (Å²) in [5, 5.41) is 0. The summed E-state index contributed by atoms with van der Waals surface area (Å²) in [7, 11) is 0. The molecule has 1 atom stereocenters. The van der Waals surface area contributed by atoms with Gasteiger partial charge in [0.15, 0.2) is 0 Å². The van der Waals surface area contributed by atoms with Crippen molar-refractivity contribution in [2.45, 2.75) is 45.2 Å². The molecule has 2 nitrogen and oxygen atoms in total. The average molecular weight is 337 g/mol. The van der Waals surface area contributed by atoms with Gasteiger partial charge >= 0.3 is 0 Å². The van der Waals surface area contributed by atoms with Gasteiger partial charge in [-0.1, -0.05) is 34.5 Å². The van der Waals surface area contributed by atoms with Crippen molar-refractivity contribution < 1.29 is 0 Å². The zero-order valence-corrected chi connectivity index (χ0v) is 14.0. The second kappa shape index (κ2) is 6.59. The topological polar surface area (TPSA) is 6.48 Å². The third kappa shape index (κ3) is 3.26. The molecule has 1 aromatic carbocycles. The van der Waals surface area contributed by atoms with Gasteiger partial charge in [0.1, 0.15) is 0 Å². The first-order valence-electron chi connectivity index (χ1n) is 7.97. The van der Waals surface area contributed by atoms with Crippen LogP contribution >= 0.6 is 15.9 Å². The predicted octanol–water partition coefficient (Wildman–Crippen LogP) is 3.68. The predicted molar refractivity (Wildman–Crippen MR) is 88.0 cm³/mol. The summed E-state index contributed by atoms with van der Waals surface area (Å²) in [5.41, 5.74) is 3.03. The maximum absolute atomic E-state index is 3.70. The Morgan fingerprint density at radius 1 is 1.15 bits per heavy atom. The van der Waals surface area contributed by atoms with Crippen LogP contribution in [-0.2, 0) is 13.0 Å². The number of rotatable bonds is 3. The second-order valence-corrected chi connectivity index (χ2v) is 7.16. The number of nitrogens with zero attached hydrogens (tertiary/aromatic N) is 2. The fourth-order valence-corrected chi connectivity index (χ4v) is 4.10. The minimum absolute atomic E-state index is 0.658. The summed E-state index contributed by atoms with van der Waals surface area (Å²) in [5.74, 6) is 0. The highest BCUT2D eigenvalue weighted by Crippen LogP contribution is 2.29. The summed E-state index contributed by atoms with van der Waals surface area (Å²) in [4.78, 5) is 5.30. The Balaban J connectivity index is 1.60. The van der Waals surface area contributed by atoms with Gasteiger partial charge in [0.05, 0.1) is 0 Å². The average Bonchev–Trinajstić information content (AvgIpc) is 2.47. The Morgan fingerprint density at radius 3 is 2.75 bits per heavy atom. The molecule has 2 heterocycles. The van der Waals surface area contributed by atoms with Crippen molar-refractivity contribution in [2.24, 2.45) is 0 Å². The summed E-state index contributed by atoms with van der Waals surface area (Å²) < 4.78 is 1.29. The maximum Gasteiger partial charge on any atom is 0.0240 e. The number of halogens is 1. The number of piperidine rings is 1. The van der Waals surface area contributed by atoms with Gasteiger partial charge in [-0.05, 0) is 56.5 Å². The summed E-state index contributed by atoms with van der Waals surface area (Å²) in [6.45, 7) is 8.57. The number of likely N-dealkylation sites (tertiary alicyclic amines) is 1. The molecule has 3 heteroatoms. The fourth-order valence-electron chi connectivity index (χ4n) is 3.53. The molecule has 0 radical (unpaired) electrons. The van der Waals surface area contributed by atoms with Gasteiger partial charge in [0.2, 0.25) is 0 Å². The highest BCUT2D eigenvalue weighted by Gasteiger charge is 2.24. The minimum atomic E-state index is 0.658. The molecule has 1 aromatic rings. The highest BCUT2D eigenvalue weighted by molar-refractivity contribution is 9.10. The van der Waals surface area contributed by atoms with Crippen molar-refractivity contribution in [1.29, 1.82) is 0 Å². The molecule has 3 rings (SSSR count). The first-order chi connectivity index (χ1) is 9.74. The molecule has 2 aliphatic heterocycles. The first-order valence-corrected chi connectivity index (χ1v) is 8.76. The lowest BCUT2D eigenvalue weighted by Crippen LogP contribution is -2.44. The van der Waals surface area contributed by atoms with Gasteiger partial charge in [-0.25, -0.2) is 0 Å². The molecule has 0 bridgehead atoms. The second-order valence-electron chi connectivity index (χ2n) is 6.30. The third-order valence-corrected chi connectivity index (χ3v) is 5.61. The van der Waals surface area contributed by atoms with Gasteiger partial charge in [-0.3, -0.25) is 4.90 Å². The monoisotopic (exact) mass is 336 g/mol. The molecule has 1 saturated heterocycles. The molecule has 0 N–H and O–H groups in total. The van der Waals surface area contributed by atoms with Gasteiger partial charge in [0, 0.05) is 30.1 Å². The van der Waals surface area contributed by atoms with Crippen LogP contribution in [0.3, 0.4) is 0 Å². The van der Waals surface area contributed by atoms with Gasteiger partial charge in [0.25, 0.3) is 0 Å². The highest BCUT2D eigenvalue weighted by atomic mass is 79.9. The van der Waals surface area contributed by atoms with Crippen LogP contribution < -0.4 is 0 Å². The Hall–Kier alpha value is -0.380. The van der Waals surface area contributed by atoms with Crippen LogP contribution in [0, 0.1) is 0 Å². The summed E-state index contributed by atoms with van der Waals surface area (Å²) in [6.07, 6.45) is 5.39. The van der Waals surface area contributed by atoms with E-state index in [9.17, 15) is 0 Å². The van der Waals surface area contributed by atoms with Crippen molar-refractivity contribution in [3.05, 3.63) is 33.8 Å². The van der Waals surface area contributed by atoms with Gasteiger partial charge in [-0.2, -0.15) is 0 Å². The van der Waals surface area contributed by atoms with Crippen LogP contribution in [0.5, 0.6) is 0 Å². The number of hydrogen-bond acceptors (Lipinski definition) is 2. The van der Waals surface area contributed by atoms with E-state index in [1.165, 1.54) is 67.5 Å². The number of benzene rings is 1. The zero-order valence-electron chi connectivity index (χ0n) is 12.4.